The fourth-order valence-electron chi connectivity index (χ4n) is 2.42. The van der Waals surface area contributed by atoms with Crippen LogP contribution in [0.15, 0.2) is 0 Å². The largest absolute Gasteiger partial charge is 0.394 e. The Morgan fingerprint density at radius 2 is 1.65 bits per heavy atom. The van der Waals surface area contributed by atoms with Crippen molar-refractivity contribution in [3.8, 4) is 0 Å². The average Bonchev–Trinajstić information content (AvgIpc) is 2.44. The van der Waals surface area contributed by atoms with Gasteiger partial charge in [-0.2, -0.15) is 0 Å². The maximum Gasteiger partial charge on any atom is 0.135 e. The summed E-state index contributed by atoms with van der Waals surface area (Å²) < 4.78 is 5.30. The molecule has 1 rings (SSSR count). The molecule has 0 saturated carbocycles. The molecule has 0 aliphatic carbocycles. The van der Waals surface area contributed by atoms with Crippen LogP contribution in [0.2, 0.25) is 0 Å². The molecule has 1 fully saturated rings. The van der Waals surface area contributed by atoms with Gasteiger partial charge in [-0.15, -0.1) is 0 Å². The first-order valence-corrected chi connectivity index (χ1v) is 7.33. The molecule has 1 aliphatic rings. The lowest BCUT2D eigenvalue weighted by Crippen LogP contribution is -2.58. The number of hydrogen-bond acceptors (Lipinski definition) is 6. The second-order valence-corrected chi connectivity index (χ2v) is 5.42. The van der Waals surface area contributed by atoms with Gasteiger partial charge in [-0.25, -0.2) is 0 Å². The van der Waals surface area contributed by atoms with Gasteiger partial charge in [0.05, 0.1) is 12.7 Å². The van der Waals surface area contributed by atoms with Crippen molar-refractivity contribution in [2.45, 2.75) is 76.0 Å². The Hall–Kier alpha value is -0.530. The highest BCUT2D eigenvalue weighted by Gasteiger charge is 2.43. The summed E-state index contributed by atoms with van der Waals surface area (Å²) in [4.78, 5) is 11.8. The molecule has 0 spiro atoms. The van der Waals surface area contributed by atoms with Gasteiger partial charge >= 0.3 is 0 Å². The van der Waals surface area contributed by atoms with E-state index in [0.717, 1.165) is 25.7 Å². The third-order valence-corrected chi connectivity index (χ3v) is 3.73. The normalized spacial score (nSPS) is 34.1. The minimum absolute atomic E-state index is 0.00638. The zero-order valence-electron chi connectivity index (χ0n) is 11.9. The highest BCUT2D eigenvalue weighted by Crippen LogP contribution is 2.23. The maximum atomic E-state index is 11.8. The van der Waals surface area contributed by atoms with E-state index in [-0.39, 0.29) is 12.2 Å². The van der Waals surface area contributed by atoms with Gasteiger partial charge in [-0.1, -0.05) is 26.2 Å². The van der Waals surface area contributed by atoms with Crippen LogP contribution in [0.3, 0.4) is 0 Å². The highest BCUT2D eigenvalue weighted by atomic mass is 16.5. The fourth-order valence-corrected chi connectivity index (χ4v) is 2.42. The van der Waals surface area contributed by atoms with Crippen molar-refractivity contribution in [2.24, 2.45) is 0 Å². The Morgan fingerprint density at radius 1 is 1.00 bits per heavy atom. The fraction of sp³-hybridized carbons (Fsp3) is 0.929. The molecule has 118 valence electrons. The van der Waals surface area contributed by atoms with E-state index < -0.39 is 37.1 Å². The van der Waals surface area contributed by atoms with E-state index >= 15 is 0 Å². The predicted molar refractivity (Wildman–Crippen MR) is 72.2 cm³/mol. The zero-order chi connectivity index (χ0) is 15.1. The van der Waals surface area contributed by atoms with Crippen LogP contribution in [0.5, 0.6) is 0 Å². The Labute approximate surface area is 119 Å². The number of carbonyl (C=O) groups excluding carboxylic acids is 1. The topological polar surface area (TPSA) is 107 Å². The molecule has 0 radical (unpaired) electrons. The van der Waals surface area contributed by atoms with Crippen LogP contribution in [-0.4, -0.2) is 63.3 Å². The summed E-state index contributed by atoms with van der Waals surface area (Å²) >= 11 is 0. The molecule has 0 unspecified atom stereocenters. The molecule has 0 bridgehead atoms. The summed E-state index contributed by atoms with van der Waals surface area (Å²) in [5.41, 5.74) is 0. The highest BCUT2D eigenvalue weighted by molar-refractivity contribution is 5.78. The van der Waals surface area contributed by atoms with Crippen molar-refractivity contribution in [1.82, 2.24) is 0 Å². The van der Waals surface area contributed by atoms with Crippen LogP contribution in [0.1, 0.15) is 45.4 Å². The SMILES string of the molecule is CCCCCCC(=O)C[C@H]1O[C@H](CO)[C@@H](O)[C@H](O)[C@H]1O. The van der Waals surface area contributed by atoms with Gasteiger partial charge in [0.15, 0.2) is 0 Å². The molecule has 4 N–H and O–H groups in total. The summed E-state index contributed by atoms with van der Waals surface area (Å²) in [6, 6.07) is 0. The maximum absolute atomic E-state index is 11.8. The summed E-state index contributed by atoms with van der Waals surface area (Å²) in [5, 5.41) is 38.1. The summed E-state index contributed by atoms with van der Waals surface area (Å²) in [5.74, 6) is -0.0366. The summed E-state index contributed by atoms with van der Waals surface area (Å²) in [6.07, 6.45) is -1.48. The van der Waals surface area contributed by atoms with Gasteiger partial charge < -0.3 is 25.2 Å². The molecule has 1 aliphatic heterocycles. The van der Waals surface area contributed by atoms with Crippen molar-refractivity contribution >= 4 is 5.78 Å². The Bertz CT molecular complexity index is 293. The van der Waals surface area contributed by atoms with Crippen molar-refractivity contribution in [1.29, 1.82) is 0 Å². The first-order valence-electron chi connectivity index (χ1n) is 7.33. The smallest absolute Gasteiger partial charge is 0.135 e. The lowest BCUT2D eigenvalue weighted by atomic mass is 9.92. The molecular formula is C14H26O6. The Morgan fingerprint density at radius 3 is 2.25 bits per heavy atom. The number of rotatable bonds is 8. The van der Waals surface area contributed by atoms with Gasteiger partial charge in [0.2, 0.25) is 0 Å². The van der Waals surface area contributed by atoms with Crippen molar-refractivity contribution in [2.75, 3.05) is 6.61 Å². The number of hydrogen-bond donors (Lipinski definition) is 4. The molecule has 0 amide bonds. The zero-order valence-corrected chi connectivity index (χ0v) is 11.9. The van der Waals surface area contributed by atoms with E-state index in [1.54, 1.807) is 0 Å². The number of aliphatic hydroxyl groups excluding tert-OH is 4. The predicted octanol–water partition coefficient (Wildman–Crippen LogP) is -0.242. The van der Waals surface area contributed by atoms with E-state index in [1.165, 1.54) is 0 Å². The first-order chi connectivity index (χ1) is 9.51. The minimum atomic E-state index is -1.40. The van der Waals surface area contributed by atoms with E-state index in [2.05, 4.69) is 6.92 Å². The van der Waals surface area contributed by atoms with Crippen LogP contribution in [0.4, 0.5) is 0 Å². The van der Waals surface area contributed by atoms with E-state index in [0.29, 0.717) is 6.42 Å². The van der Waals surface area contributed by atoms with Gasteiger partial charge in [0, 0.05) is 12.8 Å². The molecular weight excluding hydrogens is 264 g/mol. The average molecular weight is 290 g/mol. The van der Waals surface area contributed by atoms with Crippen LogP contribution in [0.25, 0.3) is 0 Å². The van der Waals surface area contributed by atoms with Gasteiger partial charge in [-0.05, 0) is 6.42 Å². The third kappa shape index (κ3) is 4.79. The molecule has 0 aromatic carbocycles. The molecule has 1 saturated heterocycles. The van der Waals surface area contributed by atoms with Crippen LogP contribution < -0.4 is 0 Å². The molecule has 0 aromatic heterocycles. The molecule has 6 nitrogen and oxygen atoms in total. The Kier molecular flexibility index (Phi) is 7.61. The molecule has 5 atom stereocenters. The number of aliphatic hydroxyl groups is 4. The Balaban J connectivity index is 2.43. The van der Waals surface area contributed by atoms with Crippen LogP contribution in [-0.2, 0) is 9.53 Å². The monoisotopic (exact) mass is 290 g/mol. The lowest BCUT2D eigenvalue weighted by molar-refractivity contribution is -0.229. The molecule has 0 aromatic rings. The quantitative estimate of drug-likeness (QED) is 0.460. The van der Waals surface area contributed by atoms with Gasteiger partial charge in [0.1, 0.15) is 30.2 Å². The van der Waals surface area contributed by atoms with Crippen molar-refractivity contribution < 1.29 is 30.0 Å². The van der Waals surface area contributed by atoms with Crippen LogP contribution in [0, 0.1) is 0 Å². The second-order valence-electron chi connectivity index (χ2n) is 5.42. The number of carbonyl (C=O) groups is 1. The molecule has 6 heteroatoms. The van der Waals surface area contributed by atoms with Crippen molar-refractivity contribution in [3.05, 3.63) is 0 Å². The summed E-state index contributed by atoms with van der Waals surface area (Å²) in [6.45, 7) is 1.63. The lowest BCUT2D eigenvalue weighted by Gasteiger charge is -2.39. The standard InChI is InChI=1S/C14H26O6/c1-2-3-4-5-6-9(16)7-10-12(17)14(19)13(18)11(8-15)20-10/h10-15,17-19H,2-8H2,1H3/t10-,11-,12+,13-,14-/m1/s1. The first kappa shape index (κ1) is 17.5. The van der Waals surface area contributed by atoms with E-state index in [9.17, 15) is 20.1 Å². The number of ketones is 1. The molecule has 1 heterocycles. The van der Waals surface area contributed by atoms with Gasteiger partial charge in [0.25, 0.3) is 0 Å². The third-order valence-electron chi connectivity index (χ3n) is 3.73. The number of ether oxygens (including phenoxy) is 1. The minimum Gasteiger partial charge on any atom is -0.394 e. The number of unbranched alkanes of at least 4 members (excludes halogenated alkanes) is 3. The van der Waals surface area contributed by atoms with E-state index in [1.807, 2.05) is 0 Å². The number of Topliss-reactive ketones (excluding diaryl/α,β-unsaturated/α-hetero) is 1. The van der Waals surface area contributed by atoms with Crippen LogP contribution >= 0.6 is 0 Å². The van der Waals surface area contributed by atoms with Crippen molar-refractivity contribution in [3.63, 3.8) is 0 Å². The second kappa shape index (κ2) is 8.69. The van der Waals surface area contributed by atoms with Gasteiger partial charge in [-0.3, -0.25) is 4.79 Å². The summed E-state index contributed by atoms with van der Waals surface area (Å²) in [7, 11) is 0. The molecule has 20 heavy (non-hydrogen) atoms. The van der Waals surface area contributed by atoms with E-state index in [4.69, 9.17) is 9.84 Å².